The maximum absolute atomic E-state index is 11.2. The minimum Gasteiger partial charge on any atom is -0.458 e. The van der Waals surface area contributed by atoms with Gasteiger partial charge in [0, 0.05) is 20.8 Å². The minimum absolute atomic E-state index is 0.486. The fourth-order valence-corrected chi connectivity index (χ4v) is 2.19. The van der Waals surface area contributed by atoms with Gasteiger partial charge in [0.25, 0.3) is 0 Å². The molecule has 0 aromatic carbocycles. The number of ether oxygens (including phenoxy) is 4. The van der Waals surface area contributed by atoms with Gasteiger partial charge in [-0.2, -0.15) is 0 Å². The van der Waals surface area contributed by atoms with E-state index < -0.39 is 55.0 Å². The van der Waals surface area contributed by atoms with Crippen LogP contribution in [0.5, 0.6) is 0 Å². The summed E-state index contributed by atoms with van der Waals surface area (Å²) in [7, 11) is 0. The molecule has 1 fully saturated rings. The largest absolute Gasteiger partial charge is 0.458 e. The fraction of sp³-hybridized carbons (Fsp3) is 0.769. The van der Waals surface area contributed by atoms with E-state index in [-0.39, 0.29) is 0 Å². The Morgan fingerprint density at radius 1 is 0.952 bits per heavy atom. The Morgan fingerprint density at radius 3 is 1.86 bits per heavy atom. The van der Waals surface area contributed by atoms with Crippen molar-refractivity contribution in [2.24, 2.45) is 5.92 Å². The number of hydrogen-bond acceptors (Lipinski definition) is 8. The minimum atomic E-state index is -1.00. The van der Waals surface area contributed by atoms with Crippen molar-refractivity contribution in [3.8, 4) is 0 Å². The van der Waals surface area contributed by atoms with E-state index in [0.717, 1.165) is 0 Å². The molecule has 8 nitrogen and oxygen atoms in total. The second-order valence-electron chi connectivity index (χ2n) is 4.84. The Bertz CT molecular complexity index is 407. The molecule has 5 unspecified atom stereocenters. The van der Waals surface area contributed by atoms with Crippen LogP contribution < -0.4 is 0 Å². The van der Waals surface area contributed by atoms with Gasteiger partial charge in [-0.1, -0.05) is 6.92 Å². The van der Waals surface area contributed by atoms with Crippen molar-refractivity contribution in [1.29, 1.82) is 0 Å². The van der Waals surface area contributed by atoms with Crippen LogP contribution in [0.2, 0.25) is 0 Å². The first-order valence-corrected chi connectivity index (χ1v) is 6.54. The van der Waals surface area contributed by atoms with Gasteiger partial charge in [-0.15, -0.1) is 0 Å². The Hall–Kier alpha value is -1.67. The molecule has 1 rings (SSSR count). The van der Waals surface area contributed by atoms with Crippen LogP contribution in [0.25, 0.3) is 0 Å². The highest BCUT2D eigenvalue weighted by molar-refractivity contribution is 5.68. The molecule has 1 saturated heterocycles. The van der Waals surface area contributed by atoms with E-state index in [1.807, 2.05) is 0 Å². The third-order valence-electron chi connectivity index (χ3n) is 3.01. The molecule has 0 radical (unpaired) electrons. The summed E-state index contributed by atoms with van der Waals surface area (Å²) in [6, 6.07) is 0. The van der Waals surface area contributed by atoms with Crippen molar-refractivity contribution < 1.29 is 38.4 Å². The van der Waals surface area contributed by atoms with Gasteiger partial charge in [0.2, 0.25) is 6.29 Å². The lowest BCUT2D eigenvalue weighted by Crippen LogP contribution is -2.58. The summed E-state index contributed by atoms with van der Waals surface area (Å²) >= 11 is 0. The second-order valence-corrected chi connectivity index (χ2v) is 4.84. The normalized spacial score (nSPS) is 32.1. The SMILES string of the molecule is CC(=O)OC1OC(CO)C(OC(C)=O)C(OC(C)=O)C1C. The van der Waals surface area contributed by atoms with Crippen molar-refractivity contribution in [2.75, 3.05) is 6.61 Å². The molecule has 5 atom stereocenters. The zero-order valence-electron chi connectivity index (χ0n) is 12.4. The molecule has 8 heteroatoms. The number of hydrogen-bond donors (Lipinski definition) is 1. The third kappa shape index (κ3) is 4.68. The predicted octanol–water partition coefficient (Wildman–Crippen LogP) is -0.234. The van der Waals surface area contributed by atoms with Crippen LogP contribution in [0.1, 0.15) is 27.7 Å². The first kappa shape index (κ1) is 17.4. The molecule has 0 aromatic heterocycles. The first-order valence-electron chi connectivity index (χ1n) is 6.54. The summed E-state index contributed by atoms with van der Waals surface area (Å²) in [5.74, 6) is -2.32. The molecule has 1 aliphatic heterocycles. The molecule has 21 heavy (non-hydrogen) atoms. The van der Waals surface area contributed by atoms with Crippen molar-refractivity contribution in [1.82, 2.24) is 0 Å². The molecule has 1 aliphatic rings. The molecular weight excluding hydrogens is 284 g/mol. The molecule has 120 valence electrons. The van der Waals surface area contributed by atoms with Gasteiger partial charge < -0.3 is 24.1 Å². The van der Waals surface area contributed by atoms with Crippen LogP contribution in [0, 0.1) is 5.92 Å². The van der Waals surface area contributed by atoms with Crippen molar-refractivity contribution in [3.05, 3.63) is 0 Å². The number of esters is 3. The van der Waals surface area contributed by atoms with Gasteiger partial charge in [0.1, 0.15) is 12.2 Å². The molecule has 0 amide bonds. The molecule has 0 aliphatic carbocycles. The highest BCUT2D eigenvalue weighted by Crippen LogP contribution is 2.31. The van der Waals surface area contributed by atoms with Crippen LogP contribution in [-0.4, -0.2) is 54.2 Å². The lowest BCUT2D eigenvalue weighted by Gasteiger charge is -2.43. The van der Waals surface area contributed by atoms with E-state index in [4.69, 9.17) is 18.9 Å². The summed E-state index contributed by atoms with van der Waals surface area (Å²) in [6.07, 6.45) is -3.82. The molecule has 0 aromatic rings. The number of aliphatic hydroxyl groups excluding tert-OH is 1. The van der Waals surface area contributed by atoms with Crippen LogP contribution in [0.3, 0.4) is 0 Å². The highest BCUT2D eigenvalue weighted by Gasteiger charge is 2.48. The Labute approximate surface area is 122 Å². The van der Waals surface area contributed by atoms with E-state index in [2.05, 4.69) is 0 Å². The van der Waals surface area contributed by atoms with Gasteiger partial charge in [-0.3, -0.25) is 14.4 Å². The Morgan fingerprint density at radius 2 is 1.43 bits per heavy atom. The average molecular weight is 304 g/mol. The monoisotopic (exact) mass is 304 g/mol. The lowest BCUT2D eigenvalue weighted by atomic mass is 9.92. The van der Waals surface area contributed by atoms with Crippen LogP contribution >= 0.6 is 0 Å². The maximum atomic E-state index is 11.2. The third-order valence-corrected chi connectivity index (χ3v) is 3.01. The summed E-state index contributed by atoms with van der Waals surface area (Å²) in [4.78, 5) is 33.5. The molecular formula is C13H20O8. The van der Waals surface area contributed by atoms with Crippen LogP contribution in [0.15, 0.2) is 0 Å². The molecule has 0 spiro atoms. The van der Waals surface area contributed by atoms with Crippen molar-refractivity contribution in [3.63, 3.8) is 0 Å². The summed E-state index contributed by atoms with van der Waals surface area (Å²) in [5.41, 5.74) is 0. The maximum Gasteiger partial charge on any atom is 0.304 e. The smallest absolute Gasteiger partial charge is 0.304 e. The quantitative estimate of drug-likeness (QED) is 0.560. The van der Waals surface area contributed by atoms with Gasteiger partial charge in [-0.25, -0.2) is 0 Å². The van der Waals surface area contributed by atoms with E-state index in [0.29, 0.717) is 0 Å². The highest BCUT2D eigenvalue weighted by atomic mass is 16.7. The summed E-state index contributed by atoms with van der Waals surface area (Å²) in [5, 5.41) is 9.37. The lowest BCUT2D eigenvalue weighted by molar-refractivity contribution is -0.280. The van der Waals surface area contributed by atoms with E-state index >= 15 is 0 Å². The van der Waals surface area contributed by atoms with Crippen molar-refractivity contribution in [2.45, 2.75) is 52.3 Å². The zero-order valence-corrected chi connectivity index (χ0v) is 12.4. The number of rotatable bonds is 4. The molecule has 1 N–H and O–H groups in total. The Kier molecular flexibility index (Phi) is 6.10. The van der Waals surface area contributed by atoms with Gasteiger partial charge in [-0.05, 0) is 0 Å². The summed E-state index contributed by atoms with van der Waals surface area (Å²) < 4.78 is 20.7. The molecule has 0 bridgehead atoms. The van der Waals surface area contributed by atoms with Gasteiger partial charge >= 0.3 is 17.9 Å². The zero-order chi connectivity index (χ0) is 16.2. The van der Waals surface area contributed by atoms with Gasteiger partial charge in [0.05, 0.1) is 12.5 Å². The van der Waals surface area contributed by atoms with Gasteiger partial charge in [0.15, 0.2) is 6.10 Å². The van der Waals surface area contributed by atoms with Crippen LogP contribution in [0.4, 0.5) is 0 Å². The number of aliphatic hydroxyl groups is 1. The molecule has 0 saturated carbocycles. The van der Waals surface area contributed by atoms with Crippen LogP contribution in [-0.2, 0) is 33.3 Å². The number of carbonyl (C=O) groups excluding carboxylic acids is 3. The molecule has 1 heterocycles. The Balaban J connectivity index is 3.01. The van der Waals surface area contributed by atoms with Crippen molar-refractivity contribution >= 4 is 17.9 Å². The average Bonchev–Trinajstić information content (AvgIpc) is 2.35. The predicted molar refractivity (Wildman–Crippen MR) is 67.8 cm³/mol. The topological polar surface area (TPSA) is 108 Å². The first-order chi connectivity index (χ1) is 9.76. The number of carbonyl (C=O) groups is 3. The fourth-order valence-electron chi connectivity index (χ4n) is 2.19. The summed E-state index contributed by atoms with van der Waals surface area (Å²) in [6.45, 7) is 4.76. The second kappa shape index (κ2) is 7.37. The standard InChI is InChI=1S/C13H20O8/c1-6-11(18-7(2)15)12(19-8(3)16)10(5-14)21-13(6)20-9(4)17/h6,10-14H,5H2,1-4H3. The van der Waals surface area contributed by atoms with E-state index in [1.165, 1.54) is 20.8 Å². The van der Waals surface area contributed by atoms with E-state index in [9.17, 15) is 19.5 Å². The van der Waals surface area contributed by atoms with E-state index in [1.54, 1.807) is 6.92 Å².